The highest BCUT2D eigenvalue weighted by molar-refractivity contribution is 6.31. The van der Waals surface area contributed by atoms with E-state index in [1.54, 1.807) is 6.07 Å². The highest BCUT2D eigenvalue weighted by atomic mass is 35.5. The summed E-state index contributed by atoms with van der Waals surface area (Å²) in [6.07, 6.45) is 1.70. The molecule has 1 atom stereocenters. The Morgan fingerprint density at radius 2 is 1.92 bits per heavy atom. The zero-order valence-corrected chi connectivity index (χ0v) is 14.8. The molecule has 0 saturated heterocycles. The molecule has 0 saturated carbocycles. The smallest absolute Gasteiger partial charge is 0.258 e. The molecule has 0 aliphatic carbocycles. The molecular formula is C19H21ClN2O3. The number of nitrogens with two attached hydrogens (primary N) is 1. The second kappa shape index (κ2) is 9.08. The van der Waals surface area contributed by atoms with E-state index < -0.39 is 5.91 Å². The average Bonchev–Trinajstić information content (AvgIpc) is 2.59. The molecule has 2 rings (SSSR count). The predicted octanol–water partition coefficient (Wildman–Crippen LogP) is 2.96. The van der Waals surface area contributed by atoms with Gasteiger partial charge in [0.2, 0.25) is 0 Å². The van der Waals surface area contributed by atoms with Gasteiger partial charge in [-0.05, 0) is 43.5 Å². The van der Waals surface area contributed by atoms with Gasteiger partial charge in [0.25, 0.3) is 11.8 Å². The summed E-state index contributed by atoms with van der Waals surface area (Å²) < 4.78 is 5.41. The van der Waals surface area contributed by atoms with Crippen molar-refractivity contribution in [3.05, 3.63) is 64.7 Å². The van der Waals surface area contributed by atoms with Crippen LogP contribution in [0.2, 0.25) is 5.02 Å². The lowest BCUT2D eigenvalue weighted by Crippen LogP contribution is -2.36. The van der Waals surface area contributed by atoms with Crippen molar-refractivity contribution in [2.75, 3.05) is 6.61 Å². The lowest BCUT2D eigenvalue weighted by Gasteiger charge is -2.15. The number of primary amides is 1. The van der Waals surface area contributed by atoms with Gasteiger partial charge in [0.15, 0.2) is 6.61 Å². The van der Waals surface area contributed by atoms with E-state index in [0.29, 0.717) is 5.02 Å². The predicted molar refractivity (Wildman–Crippen MR) is 97.8 cm³/mol. The number of amides is 2. The maximum Gasteiger partial charge on any atom is 0.258 e. The van der Waals surface area contributed by atoms with E-state index >= 15 is 0 Å². The van der Waals surface area contributed by atoms with E-state index in [-0.39, 0.29) is 29.9 Å². The first-order valence-electron chi connectivity index (χ1n) is 8.01. The molecule has 0 radical (unpaired) electrons. The summed E-state index contributed by atoms with van der Waals surface area (Å²) in [5.74, 6) is -0.677. The zero-order chi connectivity index (χ0) is 18.2. The van der Waals surface area contributed by atoms with Crippen LogP contribution in [0.4, 0.5) is 0 Å². The molecule has 0 aliphatic rings. The van der Waals surface area contributed by atoms with Crippen LogP contribution in [-0.4, -0.2) is 24.5 Å². The summed E-state index contributed by atoms with van der Waals surface area (Å²) in [5.41, 5.74) is 6.67. The summed E-state index contributed by atoms with van der Waals surface area (Å²) in [7, 11) is 0. The van der Waals surface area contributed by atoms with Crippen molar-refractivity contribution < 1.29 is 14.3 Å². The Labute approximate surface area is 152 Å². The van der Waals surface area contributed by atoms with Crippen molar-refractivity contribution >= 4 is 23.4 Å². The Balaban J connectivity index is 1.81. The summed E-state index contributed by atoms with van der Waals surface area (Å²) in [5, 5.41) is 3.25. The first-order chi connectivity index (χ1) is 12.0. The maximum absolute atomic E-state index is 12.0. The van der Waals surface area contributed by atoms with Crippen LogP contribution in [0.3, 0.4) is 0 Å². The summed E-state index contributed by atoms with van der Waals surface area (Å²) in [6, 6.07) is 14.6. The fourth-order valence-corrected chi connectivity index (χ4v) is 2.55. The molecule has 3 N–H and O–H groups in total. The minimum absolute atomic E-state index is 0.0112. The molecule has 132 valence electrons. The van der Waals surface area contributed by atoms with Gasteiger partial charge in [0.05, 0.1) is 5.56 Å². The van der Waals surface area contributed by atoms with Gasteiger partial charge in [-0.1, -0.05) is 41.9 Å². The van der Waals surface area contributed by atoms with Crippen LogP contribution in [0.15, 0.2) is 48.5 Å². The quantitative estimate of drug-likeness (QED) is 0.759. The number of carbonyl (C=O) groups excluding carboxylic acids is 2. The molecule has 0 aromatic heterocycles. The lowest BCUT2D eigenvalue weighted by atomic mass is 10.1. The van der Waals surface area contributed by atoms with Gasteiger partial charge < -0.3 is 15.8 Å². The van der Waals surface area contributed by atoms with Gasteiger partial charge in [0.1, 0.15) is 5.75 Å². The summed E-state index contributed by atoms with van der Waals surface area (Å²) in [6.45, 7) is 1.75. The molecule has 0 fully saturated rings. The Bertz CT molecular complexity index is 735. The Morgan fingerprint density at radius 1 is 1.20 bits per heavy atom. The number of hydrogen-bond acceptors (Lipinski definition) is 3. The maximum atomic E-state index is 12.0. The van der Waals surface area contributed by atoms with Crippen molar-refractivity contribution in [1.29, 1.82) is 0 Å². The van der Waals surface area contributed by atoms with Crippen molar-refractivity contribution in [1.82, 2.24) is 5.32 Å². The lowest BCUT2D eigenvalue weighted by molar-refractivity contribution is -0.123. The van der Waals surface area contributed by atoms with Crippen LogP contribution in [0, 0.1) is 0 Å². The van der Waals surface area contributed by atoms with E-state index in [2.05, 4.69) is 17.4 Å². The summed E-state index contributed by atoms with van der Waals surface area (Å²) in [4.78, 5) is 23.4. The Hall–Kier alpha value is -2.53. The third-order valence-electron chi connectivity index (χ3n) is 3.68. The topological polar surface area (TPSA) is 81.4 Å². The second-order valence-corrected chi connectivity index (χ2v) is 6.22. The molecule has 2 aromatic rings. The number of aryl methyl sites for hydroxylation is 1. The van der Waals surface area contributed by atoms with Gasteiger partial charge in [-0.2, -0.15) is 0 Å². The molecule has 0 spiro atoms. The van der Waals surface area contributed by atoms with E-state index in [1.165, 1.54) is 17.7 Å². The molecule has 5 nitrogen and oxygen atoms in total. The number of benzene rings is 2. The fraction of sp³-hybridized carbons (Fsp3) is 0.263. The van der Waals surface area contributed by atoms with Crippen LogP contribution >= 0.6 is 11.6 Å². The molecule has 25 heavy (non-hydrogen) atoms. The van der Waals surface area contributed by atoms with Crippen LogP contribution in [-0.2, 0) is 11.2 Å². The van der Waals surface area contributed by atoms with Gasteiger partial charge in [0, 0.05) is 11.1 Å². The number of nitrogens with one attached hydrogen (secondary N) is 1. The fourth-order valence-electron chi connectivity index (χ4n) is 2.38. The number of ether oxygens (including phenoxy) is 1. The molecular weight excluding hydrogens is 340 g/mol. The number of rotatable bonds is 8. The number of halogens is 1. The second-order valence-electron chi connectivity index (χ2n) is 5.79. The van der Waals surface area contributed by atoms with Crippen molar-refractivity contribution in [2.24, 2.45) is 5.73 Å². The normalized spacial score (nSPS) is 11.6. The van der Waals surface area contributed by atoms with E-state index in [4.69, 9.17) is 22.1 Å². The number of carbonyl (C=O) groups is 2. The molecule has 2 amide bonds. The average molecular weight is 361 g/mol. The van der Waals surface area contributed by atoms with Gasteiger partial charge in [-0.3, -0.25) is 9.59 Å². The third-order valence-corrected chi connectivity index (χ3v) is 3.92. The highest BCUT2D eigenvalue weighted by Gasteiger charge is 2.13. The molecule has 6 heteroatoms. The van der Waals surface area contributed by atoms with Gasteiger partial charge in [-0.25, -0.2) is 0 Å². The minimum Gasteiger partial charge on any atom is -0.483 e. The summed E-state index contributed by atoms with van der Waals surface area (Å²) >= 11 is 5.84. The Morgan fingerprint density at radius 3 is 2.60 bits per heavy atom. The Kier molecular flexibility index (Phi) is 6.83. The highest BCUT2D eigenvalue weighted by Crippen LogP contribution is 2.22. The first kappa shape index (κ1) is 18.8. The minimum atomic E-state index is -0.658. The van der Waals surface area contributed by atoms with Crippen molar-refractivity contribution in [3.63, 3.8) is 0 Å². The molecule has 0 bridgehead atoms. The van der Waals surface area contributed by atoms with Gasteiger partial charge >= 0.3 is 0 Å². The first-order valence-corrected chi connectivity index (χ1v) is 8.39. The van der Waals surface area contributed by atoms with E-state index in [0.717, 1.165) is 12.8 Å². The SMILES string of the molecule is C[C@@H](CCc1ccccc1)NC(=O)COc1ccc(Cl)cc1C(N)=O. The van der Waals surface area contributed by atoms with Crippen LogP contribution in [0.1, 0.15) is 29.3 Å². The van der Waals surface area contributed by atoms with E-state index in [9.17, 15) is 9.59 Å². The molecule has 0 heterocycles. The van der Waals surface area contributed by atoms with Crippen molar-refractivity contribution in [3.8, 4) is 5.75 Å². The molecule has 0 unspecified atom stereocenters. The monoisotopic (exact) mass is 360 g/mol. The number of hydrogen-bond donors (Lipinski definition) is 2. The van der Waals surface area contributed by atoms with Crippen LogP contribution in [0.25, 0.3) is 0 Å². The van der Waals surface area contributed by atoms with Crippen LogP contribution < -0.4 is 15.8 Å². The van der Waals surface area contributed by atoms with Crippen LogP contribution in [0.5, 0.6) is 5.75 Å². The largest absolute Gasteiger partial charge is 0.483 e. The van der Waals surface area contributed by atoms with Crippen molar-refractivity contribution in [2.45, 2.75) is 25.8 Å². The standard InChI is InChI=1S/C19H21ClN2O3/c1-13(7-8-14-5-3-2-4-6-14)22-18(23)12-25-17-10-9-15(20)11-16(17)19(21)24/h2-6,9-11,13H,7-8,12H2,1H3,(H2,21,24)(H,22,23)/t13-/m0/s1. The third kappa shape index (κ3) is 6.12. The zero-order valence-electron chi connectivity index (χ0n) is 14.0. The molecule has 0 aliphatic heterocycles. The van der Waals surface area contributed by atoms with E-state index in [1.807, 2.05) is 25.1 Å². The molecule has 2 aromatic carbocycles. The van der Waals surface area contributed by atoms with Gasteiger partial charge in [-0.15, -0.1) is 0 Å².